The maximum atomic E-state index is 12.4. The van der Waals surface area contributed by atoms with Crippen molar-refractivity contribution in [3.05, 3.63) is 23.0 Å². The zero-order chi connectivity index (χ0) is 16.2. The van der Waals surface area contributed by atoms with E-state index in [4.69, 9.17) is 4.74 Å². The third-order valence-electron chi connectivity index (χ3n) is 5.59. The summed E-state index contributed by atoms with van der Waals surface area (Å²) in [6.07, 6.45) is 9.44. The number of amides is 1. The molecule has 1 aliphatic carbocycles. The lowest BCUT2D eigenvalue weighted by atomic mass is 9.81. The second-order valence-electron chi connectivity index (χ2n) is 8.35. The van der Waals surface area contributed by atoms with Gasteiger partial charge in [-0.1, -0.05) is 0 Å². The standard InChI is InChI=1S/C19H28N2O2/c1-19(2,3)23-18(22)20-11-9-16-15(12-20)14-8-4-6-13-7-5-10-21(16)17(13)14/h12-13,16H,4-11H2,1-3H3. The summed E-state index contributed by atoms with van der Waals surface area (Å²) in [7, 11) is 0. The SMILES string of the molecule is CC(C)(C)OC(=O)N1C=C2C3=C4C(CCC3)CCCN4C2CC1. The molecule has 0 saturated carbocycles. The van der Waals surface area contributed by atoms with Crippen LogP contribution in [0, 0.1) is 5.92 Å². The van der Waals surface area contributed by atoms with Crippen LogP contribution in [0.15, 0.2) is 23.0 Å². The van der Waals surface area contributed by atoms with Crippen molar-refractivity contribution in [1.82, 2.24) is 9.80 Å². The van der Waals surface area contributed by atoms with E-state index in [1.165, 1.54) is 44.2 Å². The lowest BCUT2D eigenvalue weighted by molar-refractivity contribution is 0.0310. The van der Waals surface area contributed by atoms with Crippen LogP contribution in [0.2, 0.25) is 0 Å². The minimum absolute atomic E-state index is 0.203. The van der Waals surface area contributed by atoms with Crippen molar-refractivity contribution in [3.63, 3.8) is 0 Å². The van der Waals surface area contributed by atoms with Gasteiger partial charge in [-0.05, 0) is 76.4 Å². The van der Waals surface area contributed by atoms with Crippen molar-refractivity contribution < 1.29 is 9.53 Å². The number of carbonyl (C=O) groups excluding carboxylic acids is 1. The fourth-order valence-electron chi connectivity index (χ4n) is 4.77. The molecule has 0 aromatic rings. The van der Waals surface area contributed by atoms with E-state index in [-0.39, 0.29) is 6.09 Å². The smallest absolute Gasteiger partial charge is 0.414 e. The van der Waals surface area contributed by atoms with Crippen LogP contribution < -0.4 is 0 Å². The minimum Gasteiger partial charge on any atom is -0.443 e. The van der Waals surface area contributed by atoms with Crippen LogP contribution in [0.1, 0.15) is 59.3 Å². The van der Waals surface area contributed by atoms with E-state index in [0.29, 0.717) is 6.04 Å². The van der Waals surface area contributed by atoms with Gasteiger partial charge < -0.3 is 9.64 Å². The topological polar surface area (TPSA) is 32.8 Å². The summed E-state index contributed by atoms with van der Waals surface area (Å²) >= 11 is 0. The number of rotatable bonds is 0. The van der Waals surface area contributed by atoms with Gasteiger partial charge in [0.05, 0.1) is 6.04 Å². The van der Waals surface area contributed by atoms with E-state index < -0.39 is 5.60 Å². The number of fused-ring (bicyclic) bond motifs is 3. The van der Waals surface area contributed by atoms with Crippen molar-refractivity contribution in [3.8, 4) is 0 Å². The summed E-state index contributed by atoms with van der Waals surface area (Å²) in [6.45, 7) is 7.75. The molecule has 0 spiro atoms. The van der Waals surface area contributed by atoms with Crippen LogP contribution in [0.4, 0.5) is 4.79 Å². The van der Waals surface area contributed by atoms with E-state index in [1.54, 1.807) is 16.2 Å². The number of piperidine rings is 1. The van der Waals surface area contributed by atoms with E-state index in [0.717, 1.165) is 18.9 Å². The predicted octanol–water partition coefficient (Wildman–Crippen LogP) is 4.04. The summed E-state index contributed by atoms with van der Waals surface area (Å²) in [5.41, 5.74) is 4.16. The molecular formula is C19H28N2O2. The molecule has 4 heteroatoms. The van der Waals surface area contributed by atoms with Crippen molar-refractivity contribution in [1.29, 1.82) is 0 Å². The molecule has 4 aliphatic rings. The van der Waals surface area contributed by atoms with Crippen LogP contribution in [-0.4, -0.2) is 40.6 Å². The fraction of sp³-hybridized carbons (Fsp3) is 0.737. The van der Waals surface area contributed by atoms with E-state index >= 15 is 0 Å². The Balaban J connectivity index is 1.63. The second kappa shape index (κ2) is 5.29. The highest BCUT2D eigenvalue weighted by atomic mass is 16.6. The second-order valence-corrected chi connectivity index (χ2v) is 8.35. The first-order chi connectivity index (χ1) is 10.9. The Morgan fingerprint density at radius 3 is 2.74 bits per heavy atom. The molecule has 2 atom stereocenters. The highest BCUT2D eigenvalue weighted by Crippen LogP contribution is 2.50. The van der Waals surface area contributed by atoms with Gasteiger partial charge >= 0.3 is 6.09 Å². The molecule has 3 heterocycles. The van der Waals surface area contributed by atoms with Crippen molar-refractivity contribution in [2.75, 3.05) is 13.1 Å². The van der Waals surface area contributed by atoms with E-state index in [9.17, 15) is 4.79 Å². The average molecular weight is 316 g/mol. The number of carbonyl (C=O) groups is 1. The molecule has 126 valence electrons. The molecule has 3 aliphatic heterocycles. The van der Waals surface area contributed by atoms with Gasteiger partial charge in [-0.3, -0.25) is 4.90 Å². The molecule has 1 amide bonds. The average Bonchev–Trinajstić information content (AvgIpc) is 2.82. The van der Waals surface area contributed by atoms with Gasteiger partial charge in [0.2, 0.25) is 0 Å². The molecule has 1 fully saturated rings. The zero-order valence-electron chi connectivity index (χ0n) is 14.6. The summed E-state index contributed by atoms with van der Waals surface area (Å²) in [5.74, 6) is 0.772. The first kappa shape index (κ1) is 15.1. The van der Waals surface area contributed by atoms with E-state index in [1.807, 2.05) is 20.8 Å². The molecule has 4 nitrogen and oxygen atoms in total. The first-order valence-corrected chi connectivity index (χ1v) is 9.15. The largest absolute Gasteiger partial charge is 0.443 e. The van der Waals surface area contributed by atoms with Crippen molar-refractivity contribution in [2.24, 2.45) is 5.92 Å². The Morgan fingerprint density at radius 2 is 1.96 bits per heavy atom. The van der Waals surface area contributed by atoms with Gasteiger partial charge in [0.25, 0.3) is 0 Å². The van der Waals surface area contributed by atoms with Gasteiger partial charge in [0, 0.05) is 25.0 Å². The Labute approximate surface area is 139 Å². The number of allylic oxidation sites excluding steroid dienone is 1. The Bertz CT molecular complexity index is 585. The van der Waals surface area contributed by atoms with Gasteiger partial charge in [-0.2, -0.15) is 0 Å². The molecule has 4 rings (SSSR count). The van der Waals surface area contributed by atoms with Crippen LogP contribution in [0.25, 0.3) is 0 Å². The predicted molar refractivity (Wildman–Crippen MR) is 89.7 cm³/mol. The molecule has 0 N–H and O–H groups in total. The molecule has 1 saturated heterocycles. The van der Waals surface area contributed by atoms with Gasteiger partial charge in [0.1, 0.15) is 5.60 Å². The highest BCUT2D eigenvalue weighted by molar-refractivity contribution is 5.70. The maximum Gasteiger partial charge on any atom is 0.414 e. The summed E-state index contributed by atoms with van der Waals surface area (Å²) in [5, 5.41) is 0. The molecule has 0 aromatic heterocycles. The van der Waals surface area contributed by atoms with Crippen LogP contribution in [0.5, 0.6) is 0 Å². The number of ether oxygens (including phenoxy) is 1. The number of nitrogens with zero attached hydrogens (tertiary/aromatic N) is 2. The highest BCUT2D eigenvalue weighted by Gasteiger charge is 2.44. The molecule has 23 heavy (non-hydrogen) atoms. The summed E-state index contributed by atoms with van der Waals surface area (Å²) in [6, 6.07) is 0.514. The normalized spacial score (nSPS) is 30.0. The molecule has 2 unspecified atom stereocenters. The monoisotopic (exact) mass is 316 g/mol. The molecule has 0 bridgehead atoms. The van der Waals surface area contributed by atoms with Gasteiger partial charge in [-0.25, -0.2) is 4.79 Å². The van der Waals surface area contributed by atoms with Crippen LogP contribution in [-0.2, 0) is 4.74 Å². The van der Waals surface area contributed by atoms with Crippen molar-refractivity contribution >= 4 is 6.09 Å². The van der Waals surface area contributed by atoms with E-state index in [2.05, 4.69) is 11.1 Å². The van der Waals surface area contributed by atoms with Gasteiger partial charge in [0.15, 0.2) is 0 Å². The number of hydrogen-bond acceptors (Lipinski definition) is 3. The van der Waals surface area contributed by atoms with Gasteiger partial charge in [-0.15, -0.1) is 0 Å². The first-order valence-electron chi connectivity index (χ1n) is 9.15. The quantitative estimate of drug-likeness (QED) is 0.676. The zero-order valence-corrected chi connectivity index (χ0v) is 14.6. The molecule has 0 radical (unpaired) electrons. The Morgan fingerprint density at radius 1 is 1.17 bits per heavy atom. The lowest BCUT2D eigenvalue weighted by Gasteiger charge is -2.40. The van der Waals surface area contributed by atoms with Crippen LogP contribution in [0.3, 0.4) is 0 Å². The Kier molecular flexibility index (Phi) is 3.47. The summed E-state index contributed by atoms with van der Waals surface area (Å²) < 4.78 is 5.56. The fourth-order valence-corrected chi connectivity index (χ4v) is 4.77. The van der Waals surface area contributed by atoms with Crippen molar-refractivity contribution in [2.45, 2.75) is 70.9 Å². The van der Waals surface area contributed by atoms with Crippen LogP contribution >= 0.6 is 0 Å². The third kappa shape index (κ3) is 2.56. The Hall–Kier alpha value is -1.45. The maximum absolute atomic E-state index is 12.4. The summed E-state index contributed by atoms with van der Waals surface area (Å²) in [4.78, 5) is 16.9. The lowest BCUT2D eigenvalue weighted by Crippen LogP contribution is -2.43. The third-order valence-corrected chi connectivity index (χ3v) is 5.59. The molecule has 0 aromatic carbocycles. The number of hydrogen-bond donors (Lipinski definition) is 0. The minimum atomic E-state index is -0.433. The molecular weight excluding hydrogens is 288 g/mol.